The Morgan fingerprint density at radius 2 is 2.00 bits per heavy atom. The van der Waals surface area contributed by atoms with Crippen LogP contribution in [0.3, 0.4) is 0 Å². The van der Waals surface area contributed by atoms with Crippen LogP contribution in [0.1, 0.15) is 11.1 Å². The first-order chi connectivity index (χ1) is 15.8. The number of nitriles is 1. The summed E-state index contributed by atoms with van der Waals surface area (Å²) in [4.78, 5) is 12.4. The van der Waals surface area contributed by atoms with Crippen molar-refractivity contribution in [2.75, 3.05) is 6.61 Å². The topological polar surface area (TPSA) is 85.9 Å². The van der Waals surface area contributed by atoms with Gasteiger partial charge in [-0.1, -0.05) is 0 Å². The fourth-order valence-corrected chi connectivity index (χ4v) is 3.53. The number of benzene rings is 2. The van der Waals surface area contributed by atoms with Crippen molar-refractivity contribution in [3.8, 4) is 29.2 Å². The van der Waals surface area contributed by atoms with Crippen LogP contribution in [0.15, 0.2) is 48.8 Å². The lowest BCUT2D eigenvalue weighted by Crippen LogP contribution is -2.24. The smallest absolute Gasteiger partial charge is 0.416 e. The number of imidazole rings is 1. The summed E-state index contributed by atoms with van der Waals surface area (Å²) in [5.74, 6) is -0.725. The predicted molar refractivity (Wildman–Crippen MR) is 107 cm³/mol. The molecule has 2 aromatic heterocycles. The van der Waals surface area contributed by atoms with Gasteiger partial charge in [-0.2, -0.15) is 23.4 Å². The van der Waals surface area contributed by atoms with Crippen LogP contribution in [0.25, 0.3) is 22.3 Å². The summed E-state index contributed by atoms with van der Waals surface area (Å²) in [5.41, 5.74) is 0.663. The standard InChI is InChI=1S/C22H13F4N5O2/c23-16-3-2-13(22(24,25)26)6-15(16)18-8-29-20(9-28-18)32-11-14-10-31-19-4-1-12(7-27)5-17(19)30-21(31)33-14/h1-6,8-9,14H,10-11H2/t14-/m0/s1. The molecule has 0 radical (unpaired) electrons. The van der Waals surface area contributed by atoms with Crippen molar-refractivity contribution >= 4 is 11.0 Å². The van der Waals surface area contributed by atoms with Gasteiger partial charge >= 0.3 is 6.18 Å². The van der Waals surface area contributed by atoms with Gasteiger partial charge in [0.2, 0.25) is 5.88 Å². The van der Waals surface area contributed by atoms with Gasteiger partial charge in [-0.25, -0.2) is 14.4 Å². The van der Waals surface area contributed by atoms with Crippen LogP contribution in [-0.2, 0) is 12.7 Å². The molecular formula is C22H13F4N5O2. The Labute approximate surface area is 183 Å². The average Bonchev–Trinajstić information content (AvgIpc) is 3.34. The molecule has 0 saturated heterocycles. The monoisotopic (exact) mass is 455 g/mol. The van der Waals surface area contributed by atoms with Gasteiger partial charge in [0.15, 0.2) is 6.10 Å². The van der Waals surface area contributed by atoms with Gasteiger partial charge in [0.05, 0.1) is 52.9 Å². The first kappa shape index (κ1) is 20.7. The second-order valence-corrected chi connectivity index (χ2v) is 7.30. The fourth-order valence-electron chi connectivity index (χ4n) is 3.53. The molecule has 0 aliphatic carbocycles. The highest BCUT2D eigenvalue weighted by Gasteiger charge is 2.31. The van der Waals surface area contributed by atoms with E-state index in [1.165, 1.54) is 6.20 Å². The SMILES string of the molecule is N#Cc1ccc2c(c1)nc1n2C[C@@H](COc2cnc(-c3cc(C(F)(F)F)ccc3F)cn2)O1. The Kier molecular flexibility index (Phi) is 4.85. The van der Waals surface area contributed by atoms with E-state index in [2.05, 4.69) is 21.0 Å². The number of halogens is 4. The summed E-state index contributed by atoms with van der Waals surface area (Å²) < 4.78 is 66.0. The van der Waals surface area contributed by atoms with Crippen molar-refractivity contribution < 1.29 is 27.0 Å². The Bertz CT molecular complexity index is 1390. The molecule has 33 heavy (non-hydrogen) atoms. The van der Waals surface area contributed by atoms with Crippen LogP contribution in [0, 0.1) is 17.1 Å². The summed E-state index contributed by atoms with van der Waals surface area (Å²) in [5, 5.41) is 9.00. The maximum Gasteiger partial charge on any atom is 0.416 e. The van der Waals surface area contributed by atoms with Crippen molar-refractivity contribution in [2.45, 2.75) is 18.8 Å². The van der Waals surface area contributed by atoms with Gasteiger partial charge in [0.1, 0.15) is 12.4 Å². The van der Waals surface area contributed by atoms with E-state index in [4.69, 9.17) is 14.7 Å². The minimum absolute atomic E-state index is 0.0496. The van der Waals surface area contributed by atoms with Gasteiger partial charge < -0.3 is 9.47 Å². The molecule has 0 amide bonds. The van der Waals surface area contributed by atoms with Gasteiger partial charge in [-0.3, -0.25) is 4.57 Å². The molecule has 0 saturated carbocycles. The Hall–Kier alpha value is -4.20. The van der Waals surface area contributed by atoms with E-state index < -0.39 is 17.6 Å². The largest absolute Gasteiger partial charge is 0.473 e. The van der Waals surface area contributed by atoms with E-state index in [0.29, 0.717) is 35.8 Å². The van der Waals surface area contributed by atoms with E-state index >= 15 is 0 Å². The summed E-state index contributed by atoms with van der Waals surface area (Å²) in [6.07, 6.45) is -2.59. The highest BCUT2D eigenvalue weighted by atomic mass is 19.4. The zero-order valence-corrected chi connectivity index (χ0v) is 16.7. The number of hydrogen-bond donors (Lipinski definition) is 0. The molecule has 0 N–H and O–H groups in total. The van der Waals surface area contributed by atoms with Gasteiger partial charge in [0.25, 0.3) is 6.01 Å². The molecule has 0 spiro atoms. The third-order valence-corrected chi connectivity index (χ3v) is 5.12. The molecule has 5 rings (SSSR count). The van der Waals surface area contributed by atoms with E-state index in [1.807, 2.05) is 4.57 Å². The van der Waals surface area contributed by atoms with Crippen LogP contribution in [0.4, 0.5) is 17.6 Å². The Balaban J connectivity index is 1.26. The number of rotatable bonds is 4. The number of alkyl halides is 3. The van der Waals surface area contributed by atoms with Crippen molar-refractivity contribution in [2.24, 2.45) is 0 Å². The summed E-state index contributed by atoms with van der Waals surface area (Å²) >= 11 is 0. The Morgan fingerprint density at radius 1 is 1.15 bits per heavy atom. The summed E-state index contributed by atoms with van der Waals surface area (Å²) in [6, 6.07) is 9.76. The number of ether oxygens (including phenoxy) is 2. The van der Waals surface area contributed by atoms with Crippen LogP contribution in [0.5, 0.6) is 11.9 Å². The molecular weight excluding hydrogens is 442 g/mol. The second-order valence-electron chi connectivity index (χ2n) is 7.30. The highest BCUT2D eigenvalue weighted by Crippen LogP contribution is 2.33. The average molecular weight is 455 g/mol. The second kappa shape index (κ2) is 7.74. The lowest BCUT2D eigenvalue weighted by Gasteiger charge is -2.12. The maximum absolute atomic E-state index is 14.0. The van der Waals surface area contributed by atoms with Crippen molar-refractivity contribution in [1.29, 1.82) is 5.26 Å². The molecule has 0 fully saturated rings. The maximum atomic E-state index is 14.0. The number of hydrogen-bond acceptors (Lipinski definition) is 6. The van der Waals surface area contributed by atoms with Crippen molar-refractivity contribution in [3.05, 3.63) is 65.7 Å². The first-order valence-electron chi connectivity index (χ1n) is 9.71. The highest BCUT2D eigenvalue weighted by molar-refractivity contribution is 5.78. The molecule has 1 aliphatic heterocycles. The van der Waals surface area contributed by atoms with E-state index in [9.17, 15) is 17.6 Å². The molecule has 7 nitrogen and oxygen atoms in total. The van der Waals surface area contributed by atoms with Gasteiger partial charge in [-0.15, -0.1) is 0 Å². The predicted octanol–water partition coefficient (Wildman–Crippen LogP) is 4.36. The van der Waals surface area contributed by atoms with Gasteiger partial charge in [-0.05, 0) is 36.4 Å². The molecule has 166 valence electrons. The zero-order chi connectivity index (χ0) is 23.2. The third kappa shape index (κ3) is 3.91. The zero-order valence-electron chi connectivity index (χ0n) is 16.7. The molecule has 0 bridgehead atoms. The number of nitrogens with zero attached hydrogens (tertiary/aromatic N) is 5. The van der Waals surface area contributed by atoms with Crippen molar-refractivity contribution in [3.63, 3.8) is 0 Å². The van der Waals surface area contributed by atoms with Gasteiger partial charge in [0, 0.05) is 5.56 Å². The minimum Gasteiger partial charge on any atom is -0.473 e. The minimum atomic E-state index is -4.60. The molecule has 4 aromatic rings. The van der Waals surface area contributed by atoms with E-state index in [1.54, 1.807) is 18.2 Å². The lowest BCUT2D eigenvalue weighted by atomic mass is 10.1. The molecule has 3 heterocycles. The van der Waals surface area contributed by atoms with Crippen LogP contribution in [0.2, 0.25) is 0 Å². The van der Waals surface area contributed by atoms with Crippen LogP contribution >= 0.6 is 0 Å². The van der Waals surface area contributed by atoms with Crippen LogP contribution in [-0.4, -0.2) is 32.2 Å². The number of aromatic nitrogens is 4. The number of fused-ring (bicyclic) bond motifs is 3. The first-order valence-corrected chi connectivity index (χ1v) is 9.71. The Morgan fingerprint density at radius 3 is 2.73 bits per heavy atom. The van der Waals surface area contributed by atoms with E-state index in [-0.39, 0.29) is 29.8 Å². The summed E-state index contributed by atoms with van der Waals surface area (Å²) in [6.45, 7) is 0.589. The van der Waals surface area contributed by atoms with E-state index in [0.717, 1.165) is 17.8 Å². The fraction of sp³-hybridized carbons (Fsp3) is 0.182. The quantitative estimate of drug-likeness (QED) is 0.425. The normalized spacial score (nSPS) is 15.2. The third-order valence-electron chi connectivity index (χ3n) is 5.12. The molecule has 11 heteroatoms. The summed E-state index contributed by atoms with van der Waals surface area (Å²) in [7, 11) is 0. The van der Waals surface area contributed by atoms with Crippen molar-refractivity contribution in [1.82, 2.24) is 19.5 Å². The molecule has 0 unspecified atom stereocenters. The molecule has 2 aromatic carbocycles. The molecule has 1 aliphatic rings. The van der Waals surface area contributed by atoms with Crippen LogP contribution < -0.4 is 9.47 Å². The lowest BCUT2D eigenvalue weighted by molar-refractivity contribution is -0.137. The molecule has 1 atom stereocenters.